The van der Waals surface area contributed by atoms with Gasteiger partial charge < -0.3 is 0 Å². The molecule has 2 aliphatic rings. The third kappa shape index (κ3) is 1.01. The van der Waals surface area contributed by atoms with Gasteiger partial charge in [0.25, 0.3) is 0 Å². The van der Waals surface area contributed by atoms with Crippen molar-refractivity contribution in [1.82, 2.24) is 4.90 Å². The van der Waals surface area contributed by atoms with Crippen molar-refractivity contribution in [3.63, 3.8) is 0 Å². The summed E-state index contributed by atoms with van der Waals surface area (Å²) in [5, 5.41) is 0. The van der Waals surface area contributed by atoms with Crippen LogP contribution in [0.25, 0.3) is 0 Å². The molecule has 0 spiro atoms. The Labute approximate surface area is 90.8 Å². The molecule has 3 heteroatoms. The molecule has 0 unspecified atom stereocenters. The van der Waals surface area contributed by atoms with Gasteiger partial charge in [-0.2, -0.15) is 0 Å². The number of hydrogen-bond acceptors (Lipinski definition) is 2. The second kappa shape index (κ2) is 2.83. The minimum atomic E-state index is -0.317. The van der Waals surface area contributed by atoms with Crippen LogP contribution in [0.2, 0.25) is 0 Å². The van der Waals surface area contributed by atoms with Crippen molar-refractivity contribution in [2.75, 3.05) is 0 Å². The SMILES string of the molecule is CCC(=O)N1C(=O)[C@]2(C)CC[C@H]1C2(C)C. The standard InChI is InChI=1S/C12H19NO2/c1-5-9(14)13-8-6-7-12(4,10(13)15)11(8,2)3/h8H,5-7H2,1-4H3/t8-,12-/m0/s1. The number of fused-ring (bicyclic) bond motifs is 2. The van der Waals surface area contributed by atoms with E-state index >= 15 is 0 Å². The summed E-state index contributed by atoms with van der Waals surface area (Å²) < 4.78 is 0. The number of amides is 2. The fourth-order valence-electron chi connectivity index (χ4n) is 3.18. The molecule has 2 fully saturated rings. The molecule has 84 valence electrons. The number of nitrogens with zero attached hydrogens (tertiary/aromatic N) is 1. The molecule has 0 N–H and O–H groups in total. The van der Waals surface area contributed by atoms with Crippen LogP contribution in [-0.4, -0.2) is 22.8 Å². The van der Waals surface area contributed by atoms with E-state index in [9.17, 15) is 9.59 Å². The molecule has 2 atom stereocenters. The summed E-state index contributed by atoms with van der Waals surface area (Å²) in [6.07, 6.45) is 2.33. The van der Waals surface area contributed by atoms with E-state index in [-0.39, 0.29) is 28.7 Å². The van der Waals surface area contributed by atoms with Crippen LogP contribution in [0.5, 0.6) is 0 Å². The van der Waals surface area contributed by atoms with Gasteiger partial charge in [-0.05, 0) is 18.3 Å². The average molecular weight is 209 g/mol. The van der Waals surface area contributed by atoms with E-state index in [1.807, 2.05) is 13.8 Å². The van der Waals surface area contributed by atoms with Crippen LogP contribution < -0.4 is 0 Å². The zero-order valence-corrected chi connectivity index (χ0v) is 9.96. The molecule has 1 saturated heterocycles. The number of imide groups is 1. The van der Waals surface area contributed by atoms with Gasteiger partial charge in [0.15, 0.2) is 0 Å². The van der Waals surface area contributed by atoms with Crippen molar-refractivity contribution in [2.24, 2.45) is 10.8 Å². The van der Waals surface area contributed by atoms with Gasteiger partial charge >= 0.3 is 0 Å². The summed E-state index contributed by atoms with van der Waals surface area (Å²) in [7, 11) is 0. The molecule has 1 aliphatic heterocycles. The van der Waals surface area contributed by atoms with Gasteiger partial charge in [0.2, 0.25) is 11.8 Å². The van der Waals surface area contributed by atoms with Crippen LogP contribution in [0.1, 0.15) is 47.0 Å². The Bertz CT molecular complexity index is 335. The first-order valence-electron chi connectivity index (χ1n) is 5.72. The van der Waals surface area contributed by atoms with Gasteiger partial charge in [-0.25, -0.2) is 0 Å². The van der Waals surface area contributed by atoms with Crippen LogP contribution in [0.4, 0.5) is 0 Å². The lowest BCUT2D eigenvalue weighted by atomic mass is 9.70. The third-order valence-corrected chi connectivity index (χ3v) is 4.75. The van der Waals surface area contributed by atoms with Gasteiger partial charge in [0.1, 0.15) is 0 Å². The number of carbonyl (C=O) groups excluding carboxylic acids is 2. The van der Waals surface area contributed by atoms with Crippen molar-refractivity contribution in [2.45, 2.75) is 53.0 Å². The van der Waals surface area contributed by atoms with E-state index in [0.29, 0.717) is 6.42 Å². The van der Waals surface area contributed by atoms with Crippen molar-refractivity contribution in [3.8, 4) is 0 Å². The fraction of sp³-hybridized carbons (Fsp3) is 0.833. The van der Waals surface area contributed by atoms with E-state index in [1.165, 1.54) is 4.90 Å². The predicted octanol–water partition coefficient (Wildman–Crippen LogP) is 1.96. The molecule has 15 heavy (non-hydrogen) atoms. The number of carbonyl (C=O) groups is 2. The van der Waals surface area contributed by atoms with Crippen LogP contribution in [-0.2, 0) is 9.59 Å². The first-order chi connectivity index (χ1) is 6.86. The molecule has 2 bridgehead atoms. The topological polar surface area (TPSA) is 37.4 Å². The molecule has 0 aromatic rings. The lowest BCUT2D eigenvalue weighted by molar-refractivity contribution is -0.149. The fourth-order valence-corrected chi connectivity index (χ4v) is 3.18. The van der Waals surface area contributed by atoms with E-state index in [2.05, 4.69) is 13.8 Å². The lowest BCUT2D eigenvalue weighted by Gasteiger charge is -2.29. The van der Waals surface area contributed by atoms with E-state index in [0.717, 1.165) is 12.8 Å². The second-order valence-electron chi connectivity index (χ2n) is 5.53. The van der Waals surface area contributed by atoms with E-state index in [4.69, 9.17) is 0 Å². The van der Waals surface area contributed by atoms with Gasteiger partial charge in [0.05, 0.1) is 5.41 Å². The summed E-state index contributed by atoms with van der Waals surface area (Å²) in [6, 6.07) is 0.127. The van der Waals surface area contributed by atoms with Crippen molar-refractivity contribution in [3.05, 3.63) is 0 Å². The monoisotopic (exact) mass is 209 g/mol. The number of likely N-dealkylation sites (tertiary alicyclic amines) is 1. The molecule has 0 aromatic carbocycles. The quantitative estimate of drug-likeness (QED) is 0.662. The third-order valence-electron chi connectivity index (χ3n) is 4.75. The van der Waals surface area contributed by atoms with Crippen LogP contribution in [0, 0.1) is 10.8 Å². The summed E-state index contributed by atoms with van der Waals surface area (Å²) in [6.45, 7) is 8.06. The Balaban J connectivity index is 2.42. The number of rotatable bonds is 1. The Kier molecular flexibility index (Phi) is 2.01. The minimum absolute atomic E-state index is 0.0125. The van der Waals surface area contributed by atoms with Gasteiger partial charge in [-0.1, -0.05) is 27.7 Å². The van der Waals surface area contributed by atoms with Crippen LogP contribution in [0.3, 0.4) is 0 Å². The van der Waals surface area contributed by atoms with Crippen molar-refractivity contribution in [1.29, 1.82) is 0 Å². The van der Waals surface area contributed by atoms with E-state index in [1.54, 1.807) is 0 Å². The molecular weight excluding hydrogens is 190 g/mol. The normalized spacial score (nSPS) is 37.5. The highest BCUT2D eigenvalue weighted by molar-refractivity contribution is 6.01. The van der Waals surface area contributed by atoms with Gasteiger partial charge in [0, 0.05) is 12.5 Å². The molecule has 3 nitrogen and oxygen atoms in total. The summed E-state index contributed by atoms with van der Waals surface area (Å²) in [4.78, 5) is 25.5. The Morgan fingerprint density at radius 2 is 2.07 bits per heavy atom. The molecule has 1 aliphatic carbocycles. The lowest BCUT2D eigenvalue weighted by Crippen LogP contribution is -2.43. The highest BCUT2D eigenvalue weighted by atomic mass is 16.2. The number of hydrogen-bond donors (Lipinski definition) is 0. The maximum Gasteiger partial charge on any atom is 0.236 e. The molecule has 2 rings (SSSR count). The highest BCUT2D eigenvalue weighted by Gasteiger charge is 2.66. The summed E-state index contributed by atoms with van der Waals surface area (Å²) >= 11 is 0. The van der Waals surface area contributed by atoms with E-state index < -0.39 is 0 Å². The Hall–Kier alpha value is -0.860. The molecule has 1 saturated carbocycles. The minimum Gasteiger partial charge on any atom is -0.278 e. The van der Waals surface area contributed by atoms with Crippen molar-refractivity contribution < 1.29 is 9.59 Å². The molecular formula is C12H19NO2. The zero-order chi connectivity index (χ0) is 11.4. The molecule has 1 heterocycles. The smallest absolute Gasteiger partial charge is 0.236 e. The molecule has 0 aromatic heterocycles. The number of piperidine rings is 1. The van der Waals surface area contributed by atoms with Crippen molar-refractivity contribution >= 4 is 11.8 Å². The second-order valence-corrected chi connectivity index (χ2v) is 5.53. The maximum atomic E-state index is 12.2. The van der Waals surface area contributed by atoms with Gasteiger partial charge in [-0.3, -0.25) is 14.5 Å². The van der Waals surface area contributed by atoms with Gasteiger partial charge in [-0.15, -0.1) is 0 Å². The maximum absolute atomic E-state index is 12.2. The average Bonchev–Trinajstić information content (AvgIpc) is 2.48. The van der Waals surface area contributed by atoms with Crippen LogP contribution >= 0.6 is 0 Å². The first kappa shape index (κ1) is 10.7. The zero-order valence-electron chi connectivity index (χ0n) is 9.96. The predicted molar refractivity (Wildman–Crippen MR) is 57.1 cm³/mol. The molecule has 2 amide bonds. The van der Waals surface area contributed by atoms with Crippen LogP contribution in [0.15, 0.2) is 0 Å². The largest absolute Gasteiger partial charge is 0.278 e. The summed E-state index contributed by atoms with van der Waals surface area (Å²) in [5.41, 5.74) is -0.378. The Morgan fingerprint density at radius 1 is 1.47 bits per heavy atom. The molecule has 0 radical (unpaired) electrons. The Morgan fingerprint density at radius 3 is 2.47 bits per heavy atom. The highest BCUT2D eigenvalue weighted by Crippen LogP contribution is 2.60. The first-order valence-corrected chi connectivity index (χ1v) is 5.72. The summed E-state index contributed by atoms with van der Waals surface area (Å²) in [5.74, 6) is 0.0390.